The summed E-state index contributed by atoms with van der Waals surface area (Å²) in [6.07, 6.45) is 9.84. The van der Waals surface area contributed by atoms with E-state index < -0.39 is 0 Å². The van der Waals surface area contributed by atoms with Crippen LogP contribution in [0.15, 0.2) is 36.4 Å². The third kappa shape index (κ3) is 3.15. The molecule has 0 radical (unpaired) electrons. The second-order valence-corrected chi connectivity index (χ2v) is 6.09. The molecule has 1 saturated carbocycles. The predicted molar refractivity (Wildman–Crippen MR) is 85.4 cm³/mol. The lowest BCUT2D eigenvalue weighted by Gasteiger charge is -2.21. The first-order valence-corrected chi connectivity index (χ1v) is 7.92. The van der Waals surface area contributed by atoms with E-state index in [0.29, 0.717) is 0 Å². The predicted octanol–water partition coefficient (Wildman–Crippen LogP) is 5.36. The van der Waals surface area contributed by atoms with Crippen LogP contribution in [0.4, 0.5) is 0 Å². The van der Waals surface area contributed by atoms with Crippen LogP contribution >= 0.6 is 0 Å². The minimum Gasteiger partial charge on any atom is -0.497 e. The fraction of sp³-hybridized carbons (Fsp3) is 0.474. The molecule has 106 valence electrons. The van der Waals surface area contributed by atoms with E-state index in [1.54, 1.807) is 7.11 Å². The molecule has 0 bridgehead atoms. The van der Waals surface area contributed by atoms with Gasteiger partial charge in [-0.3, -0.25) is 0 Å². The summed E-state index contributed by atoms with van der Waals surface area (Å²) in [5.41, 5.74) is 1.48. The maximum Gasteiger partial charge on any atom is 0.119 e. The monoisotopic (exact) mass is 268 g/mol. The van der Waals surface area contributed by atoms with Gasteiger partial charge < -0.3 is 4.74 Å². The Bertz CT molecular complexity index is 567. The van der Waals surface area contributed by atoms with Crippen molar-refractivity contribution in [3.8, 4) is 5.75 Å². The molecule has 1 aliphatic carbocycles. The molecule has 20 heavy (non-hydrogen) atoms. The molecule has 0 unspecified atom stereocenters. The van der Waals surface area contributed by atoms with Gasteiger partial charge in [-0.2, -0.15) is 0 Å². The first kappa shape index (κ1) is 13.5. The van der Waals surface area contributed by atoms with Crippen molar-refractivity contribution in [1.29, 1.82) is 0 Å². The van der Waals surface area contributed by atoms with E-state index in [4.69, 9.17) is 4.74 Å². The highest BCUT2D eigenvalue weighted by Crippen LogP contribution is 2.28. The average molecular weight is 268 g/mol. The van der Waals surface area contributed by atoms with Gasteiger partial charge in [-0.05, 0) is 47.2 Å². The first-order chi connectivity index (χ1) is 9.85. The number of benzene rings is 2. The molecule has 0 atom stereocenters. The van der Waals surface area contributed by atoms with E-state index in [1.807, 2.05) is 6.07 Å². The van der Waals surface area contributed by atoms with Gasteiger partial charge in [0, 0.05) is 0 Å². The molecule has 1 aliphatic rings. The molecule has 0 aliphatic heterocycles. The number of hydrogen-bond donors (Lipinski definition) is 0. The van der Waals surface area contributed by atoms with Gasteiger partial charge in [0.2, 0.25) is 0 Å². The summed E-state index contributed by atoms with van der Waals surface area (Å²) < 4.78 is 5.28. The van der Waals surface area contributed by atoms with Crippen LogP contribution in [0.5, 0.6) is 5.75 Å². The Morgan fingerprint density at radius 3 is 2.50 bits per heavy atom. The summed E-state index contributed by atoms with van der Waals surface area (Å²) >= 11 is 0. The van der Waals surface area contributed by atoms with Crippen molar-refractivity contribution >= 4 is 10.8 Å². The van der Waals surface area contributed by atoms with Crippen molar-refractivity contribution in [2.45, 2.75) is 44.9 Å². The Hall–Kier alpha value is -1.50. The van der Waals surface area contributed by atoms with Crippen LogP contribution in [0.1, 0.15) is 44.1 Å². The lowest BCUT2D eigenvalue weighted by atomic mass is 9.85. The summed E-state index contributed by atoms with van der Waals surface area (Å²) in [6, 6.07) is 13.2. The highest BCUT2D eigenvalue weighted by Gasteiger charge is 2.13. The maximum atomic E-state index is 5.28. The van der Waals surface area contributed by atoms with Crippen LogP contribution in [0, 0.1) is 5.92 Å². The Labute approximate surface area is 122 Å². The molecule has 0 aromatic heterocycles. The number of ether oxygens (including phenoxy) is 1. The Kier molecular flexibility index (Phi) is 4.25. The van der Waals surface area contributed by atoms with E-state index in [9.17, 15) is 0 Å². The number of hydrogen-bond acceptors (Lipinski definition) is 1. The highest BCUT2D eigenvalue weighted by atomic mass is 16.5. The molecule has 0 heterocycles. The smallest absolute Gasteiger partial charge is 0.119 e. The van der Waals surface area contributed by atoms with Crippen molar-refractivity contribution < 1.29 is 4.74 Å². The maximum absolute atomic E-state index is 5.28. The van der Waals surface area contributed by atoms with Crippen molar-refractivity contribution in [2.75, 3.05) is 7.11 Å². The standard InChI is InChI=1S/C19H24O/c1-20-19-12-11-17-13-16(9-10-18(17)14-19)8-7-15-5-3-2-4-6-15/h9-15H,2-8H2,1H3. The molecule has 0 spiro atoms. The number of aryl methyl sites for hydroxylation is 1. The fourth-order valence-corrected chi connectivity index (χ4v) is 3.40. The zero-order chi connectivity index (χ0) is 13.8. The minimum atomic E-state index is 0.937. The number of methoxy groups -OCH3 is 1. The van der Waals surface area contributed by atoms with Crippen LogP contribution in [-0.4, -0.2) is 7.11 Å². The molecule has 2 aromatic rings. The van der Waals surface area contributed by atoms with Crippen LogP contribution in [0.2, 0.25) is 0 Å². The summed E-state index contributed by atoms with van der Waals surface area (Å²) in [4.78, 5) is 0. The molecule has 3 rings (SSSR count). The summed E-state index contributed by atoms with van der Waals surface area (Å²) in [7, 11) is 1.72. The highest BCUT2D eigenvalue weighted by molar-refractivity contribution is 5.84. The SMILES string of the molecule is COc1ccc2cc(CCC3CCCCC3)ccc2c1. The zero-order valence-corrected chi connectivity index (χ0v) is 12.4. The zero-order valence-electron chi connectivity index (χ0n) is 12.4. The lowest BCUT2D eigenvalue weighted by Crippen LogP contribution is -2.07. The molecular formula is C19H24O. The Morgan fingerprint density at radius 1 is 0.950 bits per heavy atom. The van der Waals surface area contributed by atoms with Gasteiger partial charge in [-0.25, -0.2) is 0 Å². The molecule has 0 N–H and O–H groups in total. The minimum absolute atomic E-state index is 0.937. The molecule has 1 fully saturated rings. The van der Waals surface area contributed by atoms with Gasteiger partial charge in [0.25, 0.3) is 0 Å². The fourth-order valence-electron chi connectivity index (χ4n) is 3.40. The number of fused-ring (bicyclic) bond motifs is 1. The second-order valence-electron chi connectivity index (χ2n) is 6.09. The molecule has 2 aromatic carbocycles. The quantitative estimate of drug-likeness (QED) is 0.725. The van der Waals surface area contributed by atoms with E-state index in [-0.39, 0.29) is 0 Å². The largest absolute Gasteiger partial charge is 0.497 e. The summed E-state index contributed by atoms with van der Waals surface area (Å²) in [5, 5.41) is 2.60. The third-order valence-corrected chi connectivity index (χ3v) is 4.68. The van der Waals surface area contributed by atoms with Crippen LogP contribution in [-0.2, 0) is 6.42 Å². The van der Waals surface area contributed by atoms with Crippen LogP contribution < -0.4 is 4.74 Å². The molecular weight excluding hydrogens is 244 g/mol. The molecule has 1 heteroatoms. The van der Waals surface area contributed by atoms with Gasteiger partial charge in [-0.1, -0.05) is 56.4 Å². The molecule has 0 saturated heterocycles. The van der Waals surface area contributed by atoms with Crippen LogP contribution in [0.25, 0.3) is 10.8 Å². The van der Waals surface area contributed by atoms with Gasteiger partial charge in [0.15, 0.2) is 0 Å². The summed E-state index contributed by atoms with van der Waals surface area (Å²) in [6.45, 7) is 0. The van der Waals surface area contributed by atoms with E-state index in [1.165, 1.54) is 61.3 Å². The lowest BCUT2D eigenvalue weighted by molar-refractivity contribution is 0.339. The van der Waals surface area contributed by atoms with E-state index in [0.717, 1.165) is 11.7 Å². The van der Waals surface area contributed by atoms with Gasteiger partial charge in [-0.15, -0.1) is 0 Å². The second kappa shape index (κ2) is 6.30. The van der Waals surface area contributed by atoms with Gasteiger partial charge in [0.1, 0.15) is 5.75 Å². The third-order valence-electron chi connectivity index (χ3n) is 4.68. The van der Waals surface area contributed by atoms with E-state index in [2.05, 4.69) is 30.3 Å². The first-order valence-electron chi connectivity index (χ1n) is 7.92. The average Bonchev–Trinajstić information content (AvgIpc) is 2.53. The van der Waals surface area contributed by atoms with Crippen molar-refractivity contribution in [3.63, 3.8) is 0 Å². The van der Waals surface area contributed by atoms with Gasteiger partial charge in [0.05, 0.1) is 7.11 Å². The Balaban J connectivity index is 1.69. The number of rotatable bonds is 4. The molecule has 1 nitrogen and oxygen atoms in total. The van der Waals surface area contributed by atoms with E-state index >= 15 is 0 Å². The van der Waals surface area contributed by atoms with Crippen molar-refractivity contribution in [1.82, 2.24) is 0 Å². The normalized spacial score (nSPS) is 16.4. The van der Waals surface area contributed by atoms with Crippen molar-refractivity contribution in [3.05, 3.63) is 42.0 Å². The Morgan fingerprint density at radius 2 is 1.70 bits per heavy atom. The van der Waals surface area contributed by atoms with Crippen LogP contribution in [0.3, 0.4) is 0 Å². The van der Waals surface area contributed by atoms with Gasteiger partial charge >= 0.3 is 0 Å². The molecule has 0 amide bonds. The van der Waals surface area contributed by atoms with Crippen molar-refractivity contribution in [2.24, 2.45) is 5.92 Å². The topological polar surface area (TPSA) is 9.23 Å². The summed E-state index contributed by atoms with van der Waals surface area (Å²) in [5.74, 6) is 1.91.